The number of hydrogen-bond acceptors (Lipinski definition) is 1. The standard InChI is InChI=1S/C10H12O.C2H6/c1-3-5-9-8(4-2)6-7-10(9)11;1-2/h3-5H,2,6-7H2,1H3;1-2H3/b5-3-;. The number of hydrogen-bond donors (Lipinski definition) is 0. The van der Waals surface area contributed by atoms with E-state index in [1.54, 1.807) is 6.08 Å². The van der Waals surface area contributed by atoms with E-state index in [0.717, 1.165) is 17.6 Å². The SMILES string of the molecule is C=CC1=C(/C=C\C)C(=O)CC1.CC. The van der Waals surface area contributed by atoms with Crippen LogP contribution in [0.2, 0.25) is 0 Å². The van der Waals surface area contributed by atoms with Crippen molar-refractivity contribution < 1.29 is 4.79 Å². The number of ketones is 1. The Morgan fingerprint density at radius 1 is 1.31 bits per heavy atom. The third-order valence-corrected chi connectivity index (χ3v) is 1.85. The molecule has 13 heavy (non-hydrogen) atoms. The van der Waals surface area contributed by atoms with Gasteiger partial charge in [-0.05, 0) is 18.9 Å². The smallest absolute Gasteiger partial charge is 0.163 e. The van der Waals surface area contributed by atoms with Gasteiger partial charge in [0.25, 0.3) is 0 Å². The van der Waals surface area contributed by atoms with Gasteiger partial charge in [0.2, 0.25) is 0 Å². The van der Waals surface area contributed by atoms with Crippen LogP contribution >= 0.6 is 0 Å². The molecule has 1 aliphatic carbocycles. The molecule has 0 aromatic rings. The van der Waals surface area contributed by atoms with Crippen molar-refractivity contribution in [1.82, 2.24) is 0 Å². The summed E-state index contributed by atoms with van der Waals surface area (Å²) in [6.07, 6.45) is 7.05. The third kappa shape index (κ3) is 3.02. The summed E-state index contributed by atoms with van der Waals surface area (Å²) in [5, 5.41) is 0. The molecule has 0 fully saturated rings. The first-order chi connectivity index (χ1) is 6.29. The Balaban J connectivity index is 0.000000671. The molecule has 0 N–H and O–H groups in total. The lowest BCUT2D eigenvalue weighted by Gasteiger charge is -1.92. The molecule has 0 spiro atoms. The van der Waals surface area contributed by atoms with Crippen molar-refractivity contribution in [2.45, 2.75) is 33.6 Å². The van der Waals surface area contributed by atoms with Gasteiger partial charge in [0, 0.05) is 12.0 Å². The highest BCUT2D eigenvalue weighted by molar-refractivity contribution is 6.01. The topological polar surface area (TPSA) is 17.1 Å². The van der Waals surface area contributed by atoms with E-state index in [-0.39, 0.29) is 5.78 Å². The summed E-state index contributed by atoms with van der Waals surface area (Å²) in [6, 6.07) is 0. The molecule has 1 nitrogen and oxygen atoms in total. The van der Waals surface area contributed by atoms with Crippen molar-refractivity contribution >= 4 is 5.78 Å². The second-order valence-electron chi connectivity index (χ2n) is 2.57. The van der Waals surface area contributed by atoms with Gasteiger partial charge in [-0.3, -0.25) is 4.79 Å². The van der Waals surface area contributed by atoms with Crippen LogP contribution in [-0.2, 0) is 4.79 Å². The van der Waals surface area contributed by atoms with Crippen LogP contribution in [-0.4, -0.2) is 5.78 Å². The van der Waals surface area contributed by atoms with Crippen molar-refractivity contribution in [3.05, 3.63) is 36.0 Å². The Morgan fingerprint density at radius 2 is 1.92 bits per heavy atom. The number of Topliss-reactive ketones (excluding diaryl/α,β-unsaturated/α-hetero) is 1. The van der Waals surface area contributed by atoms with Crippen LogP contribution in [0.5, 0.6) is 0 Å². The van der Waals surface area contributed by atoms with Crippen LogP contribution in [0.3, 0.4) is 0 Å². The Kier molecular flexibility index (Phi) is 5.86. The van der Waals surface area contributed by atoms with Crippen LogP contribution in [0, 0.1) is 0 Å². The molecule has 0 unspecified atom stereocenters. The molecule has 0 saturated carbocycles. The predicted molar refractivity (Wildman–Crippen MR) is 57.6 cm³/mol. The van der Waals surface area contributed by atoms with E-state index in [0.29, 0.717) is 6.42 Å². The average Bonchev–Trinajstić information content (AvgIpc) is 2.52. The number of rotatable bonds is 2. The summed E-state index contributed by atoms with van der Waals surface area (Å²) >= 11 is 0. The van der Waals surface area contributed by atoms with Crippen LogP contribution in [0.1, 0.15) is 33.6 Å². The normalized spacial score (nSPS) is 16.1. The molecule has 0 bridgehead atoms. The molecular formula is C12H18O. The van der Waals surface area contributed by atoms with Gasteiger partial charge in [-0.1, -0.05) is 38.7 Å². The van der Waals surface area contributed by atoms with E-state index >= 15 is 0 Å². The Bertz CT molecular complexity index is 244. The highest BCUT2D eigenvalue weighted by Gasteiger charge is 2.17. The van der Waals surface area contributed by atoms with E-state index in [9.17, 15) is 4.79 Å². The summed E-state index contributed by atoms with van der Waals surface area (Å²) in [7, 11) is 0. The molecule has 1 rings (SSSR count). The molecule has 1 aliphatic rings. The summed E-state index contributed by atoms with van der Waals surface area (Å²) in [5.41, 5.74) is 1.94. The lowest BCUT2D eigenvalue weighted by atomic mass is 10.1. The molecular weight excluding hydrogens is 160 g/mol. The second-order valence-corrected chi connectivity index (χ2v) is 2.57. The number of allylic oxidation sites excluding steroid dienone is 5. The lowest BCUT2D eigenvalue weighted by molar-refractivity contribution is -0.114. The zero-order valence-electron chi connectivity index (χ0n) is 8.76. The summed E-state index contributed by atoms with van der Waals surface area (Å²) in [5.74, 6) is 0.248. The van der Waals surface area contributed by atoms with Crippen molar-refractivity contribution in [2.24, 2.45) is 0 Å². The summed E-state index contributed by atoms with van der Waals surface area (Å²) in [6.45, 7) is 9.58. The van der Waals surface area contributed by atoms with E-state index in [1.165, 1.54) is 0 Å². The van der Waals surface area contributed by atoms with Gasteiger partial charge in [-0.15, -0.1) is 0 Å². The van der Waals surface area contributed by atoms with Crippen molar-refractivity contribution in [3.8, 4) is 0 Å². The van der Waals surface area contributed by atoms with Gasteiger partial charge in [-0.2, -0.15) is 0 Å². The predicted octanol–water partition coefficient (Wildman–Crippen LogP) is 3.43. The van der Waals surface area contributed by atoms with Gasteiger partial charge in [0.05, 0.1) is 0 Å². The monoisotopic (exact) mass is 178 g/mol. The zero-order chi connectivity index (χ0) is 10.3. The first-order valence-corrected chi connectivity index (χ1v) is 4.81. The lowest BCUT2D eigenvalue weighted by Crippen LogP contribution is -1.91. The fourth-order valence-electron chi connectivity index (χ4n) is 1.28. The number of carbonyl (C=O) groups excluding carboxylic acids is 1. The second kappa shape index (κ2) is 6.41. The molecule has 0 aromatic carbocycles. The maximum absolute atomic E-state index is 11.2. The van der Waals surface area contributed by atoms with Gasteiger partial charge in [0.1, 0.15) is 0 Å². The highest BCUT2D eigenvalue weighted by atomic mass is 16.1. The maximum Gasteiger partial charge on any atom is 0.163 e. The number of carbonyl (C=O) groups is 1. The summed E-state index contributed by atoms with van der Waals surface area (Å²) < 4.78 is 0. The molecule has 1 heteroatoms. The molecule has 0 amide bonds. The molecule has 0 radical (unpaired) electrons. The molecule has 0 heterocycles. The van der Waals surface area contributed by atoms with Crippen LogP contribution in [0.4, 0.5) is 0 Å². The molecule has 0 saturated heterocycles. The van der Waals surface area contributed by atoms with Gasteiger partial charge in [0.15, 0.2) is 5.78 Å². The van der Waals surface area contributed by atoms with E-state index < -0.39 is 0 Å². The fourth-order valence-corrected chi connectivity index (χ4v) is 1.28. The molecule has 72 valence electrons. The van der Waals surface area contributed by atoms with E-state index in [2.05, 4.69) is 6.58 Å². The molecule has 0 aliphatic heterocycles. The Labute approximate surface area is 80.8 Å². The average molecular weight is 178 g/mol. The zero-order valence-corrected chi connectivity index (χ0v) is 8.76. The third-order valence-electron chi connectivity index (χ3n) is 1.85. The highest BCUT2D eigenvalue weighted by Crippen LogP contribution is 2.24. The van der Waals surface area contributed by atoms with Crippen LogP contribution in [0.25, 0.3) is 0 Å². The minimum Gasteiger partial charge on any atom is -0.294 e. The Morgan fingerprint density at radius 3 is 2.38 bits per heavy atom. The van der Waals surface area contributed by atoms with Crippen molar-refractivity contribution in [2.75, 3.05) is 0 Å². The van der Waals surface area contributed by atoms with Crippen LogP contribution < -0.4 is 0 Å². The van der Waals surface area contributed by atoms with Crippen molar-refractivity contribution in [1.29, 1.82) is 0 Å². The summed E-state index contributed by atoms with van der Waals surface area (Å²) in [4.78, 5) is 11.2. The Hall–Kier alpha value is -1.11. The minimum absolute atomic E-state index is 0.248. The van der Waals surface area contributed by atoms with Gasteiger partial charge >= 0.3 is 0 Å². The first-order valence-electron chi connectivity index (χ1n) is 4.81. The van der Waals surface area contributed by atoms with Gasteiger partial charge in [-0.25, -0.2) is 0 Å². The molecule has 0 atom stereocenters. The van der Waals surface area contributed by atoms with Crippen molar-refractivity contribution in [3.63, 3.8) is 0 Å². The maximum atomic E-state index is 11.2. The minimum atomic E-state index is 0.248. The quantitative estimate of drug-likeness (QED) is 0.633. The van der Waals surface area contributed by atoms with E-state index in [4.69, 9.17) is 0 Å². The van der Waals surface area contributed by atoms with Gasteiger partial charge < -0.3 is 0 Å². The molecule has 0 aromatic heterocycles. The van der Waals surface area contributed by atoms with Crippen LogP contribution in [0.15, 0.2) is 36.0 Å². The first kappa shape index (κ1) is 11.9. The largest absolute Gasteiger partial charge is 0.294 e. The van der Waals surface area contributed by atoms with E-state index in [1.807, 2.05) is 32.9 Å². The fraction of sp³-hybridized carbons (Fsp3) is 0.417.